The monoisotopic (exact) mass is 616 g/mol. The van der Waals surface area contributed by atoms with Crippen molar-refractivity contribution in [3.05, 3.63) is 138 Å². The molecule has 6 rings (SSSR count). The summed E-state index contributed by atoms with van der Waals surface area (Å²) < 4.78 is 0. The van der Waals surface area contributed by atoms with Crippen LogP contribution in [0, 0.1) is 0 Å². The molecule has 1 fully saturated rings. The number of aliphatic hydroxyl groups excluding tert-OH is 1. The van der Waals surface area contributed by atoms with E-state index in [2.05, 4.69) is 16.0 Å². The maximum absolute atomic E-state index is 14.7. The number of carbonyl (C=O) groups is 4. The third kappa shape index (κ3) is 6.14. The molecule has 0 aliphatic carbocycles. The largest absolute Gasteiger partial charge is 0.393 e. The number of carbonyl (C=O) groups excluding carboxylic acids is 4. The fraction of sp³-hybridized carbons (Fsp3) is 0.243. The minimum Gasteiger partial charge on any atom is -0.393 e. The molecule has 0 aromatic heterocycles. The van der Waals surface area contributed by atoms with Crippen molar-refractivity contribution in [2.45, 2.75) is 42.8 Å². The van der Waals surface area contributed by atoms with Gasteiger partial charge in [0.25, 0.3) is 11.8 Å². The highest BCUT2D eigenvalue weighted by atomic mass is 16.3. The van der Waals surface area contributed by atoms with Crippen LogP contribution in [-0.4, -0.2) is 64.4 Å². The fourth-order valence-corrected chi connectivity index (χ4v) is 6.53. The number of fused-ring (bicyclic) bond motifs is 2. The Morgan fingerprint density at radius 2 is 1.37 bits per heavy atom. The Labute approximate surface area is 267 Å². The first kappa shape index (κ1) is 30.7. The van der Waals surface area contributed by atoms with Gasteiger partial charge in [-0.1, -0.05) is 103 Å². The highest BCUT2D eigenvalue weighted by molar-refractivity contribution is 6.09. The Kier molecular flexibility index (Phi) is 8.94. The molecule has 0 unspecified atom stereocenters. The van der Waals surface area contributed by atoms with Crippen LogP contribution >= 0.6 is 0 Å². The zero-order valence-electron chi connectivity index (χ0n) is 25.3. The fourth-order valence-electron chi connectivity index (χ4n) is 6.53. The van der Waals surface area contributed by atoms with Crippen molar-refractivity contribution in [1.82, 2.24) is 15.5 Å². The van der Waals surface area contributed by atoms with Crippen molar-refractivity contribution in [3.8, 4) is 0 Å². The molecule has 2 aliphatic heterocycles. The lowest BCUT2D eigenvalue weighted by Crippen LogP contribution is -2.64. The highest BCUT2D eigenvalue weighted by Gasteiger charge is 2.46. The number of amides is 4. The van der Waals surface area contributed by atoms with Crippen LogP contribution in [0.2, 0.25) is 0 Å². The van der Waals surface area contributed by atoms with E-state index in [0.29, 0.717) is 19.4 Å². The van der Waals surface area contributed by atoms with Crippen molar-refractivity contribution >= 4 is 29.3 Å². The van der Waals surface area contributed by atoms with Gasteiger partial charge in [-0.15, -0.1) is 0 Å². The normalized spacial score (nSPS) is 22.0. The summed E-state index contributed by atoms with van der Waals surface area (Å²) in [4.78, 5) is 58.5. The number of nitrogens with zero attached hydrogens (tertiary/aromatic N) is 1. The molecule has 0 spiro atoms. The summed E-state index contributed by atoms with van der Waals surface area (Å²) in [7, 11) is 0. The van der Waals surface area contributed by atoms with E-state index in [4.69, 9.17) is 0 Å². The summed E-state index contributed by atoms with van der Waals surface area (Å²) >= 11 is 0. The van der Waals surface area contributed by atoms with Crippen LogP contribution in [0.5, 0.6) is 0 Å². The Morgan fingerprint density at radius 3 is 2.00 bits per heavy atom. The standard InChI is InChI=1S/C37H36N4O5/c42-24-37(23-25-13-4-1-5-14-25)36(46)38-29-20-11-10-19-28(29)33(43)39-32(35(45)41-22-12-21-30(41)34(44)40-37)31(26-15-6-2-7-16-26)27-17-8-3-9-18-27/h1-11,13-20,30-32,42H,12,21-24H2,(H,38,46)(H,39,43)(H,40,44)/t30-,32-,37+/m0/s1. The van der Waals surface area contributed by atoms with Gasteiger partial charge < -0.3 is 26.0 Å². The van der Waals surface area contributed by atoms with Crippen LogP contribution < -0.4 is 16.0 Å². The van der Waals surface area contributed by atoms with Gasteiger partial charge in [0.05, 0.1) is 17.9 Å². The van der Waals surface area contributed by atoms with Crippen LogP contribution in [0.25, 0.3) is 0 Å². The summed E-state index contributed by atoms with van der Waals surface area (Å²) in [5, 5.41) is 19.5. The highest BCUT2D eigenvalue weighted by Crippen LogP contribution is 2.32. The van der Waals surface area contributed by atoms with Gasteiger partial charge in [-0.25, -0.2) is 0 Å². The second-order valence-corrected chi connectivity index (χ2v) is 11.8. The van der Waals surface area contributed by atoms with Crippen molar-refractivity contribution < 1.29 is 24.3 Å². The van der Waals surface area contributed by atoms with Crippen LogP contribution in [0.4, 0.5) is 5.69 Å². The van der Waals surface area contributed by atoms with E-state index >= 15 is 0 Å². The molecule has 2 heterocycles. The molecule has 4 aromatic carbocycles. The van der Waals surface area contributed by atoms with Gasteiger partial charge in [-0.3, -0.25) is 19.2 Å². The van der Waals surface area contributed by atoms with Crippen molar-refractivity contribution in [2.75, 3.05) is 18.5 Å². The zero-order valence-corrected chi connectivity index (χ0v) is 25.3. The number of benzene rings is 4. The molecule has 4 amide bonds. The first-order valence-electron chi connectivity index (χ1n) is 15.5. The van der Waals surface area contributed by atoms with Crippen LogP contribution in [-0.2, 0) is 20.8 Å². The van der Waals surface area contributed by atoms with Crippen molar-refractivity contribution in [2.24, 2.45) is 0 Å². The van der Waals surface area contributed by atoms with E-state index < -0.39 is 53.8 Å². The quantitative estimate of drug-likeness (QED) is 0.263. The van der Waals surface area contributed by atoms with Gasteiger partial charge in [0.1, 0.15) is 17.6 Å². The van der Waals surface area contributed by atoms with Crippen molar-refractivity contribution in [1.29, 1.82) is 0 Å². The molecule has 0 bridgehead atoms. The van der Waals surface area contributed by atoms with E-state index in [1.54, 1.807) is 24.3 Å². The third-order valence-electron chi connectivity index (χ3n) is 8.88. The van der Waals surface area contributed by atoms with Gasteiger partial charge >= 0.3 is 0 Å². The molecular formula is C37H36N4O5. The number of para-hydroxylation sites is 1. The van der Waals surface area contributed by atoms with E-state index in [1.807, 2.05) is 91.0 Å². The Hall–Kier alpha value is -5.28. The Bertz CT molecular complexity index is 1680. The summed E-state index contributed by atoms with van der Waals surface area (Å²) in [6.45, 7) is -0.408. The number of hydrogen-bond donors (Lipinski definition) is 4. The number of aliphatic hydroxyl groups is 1. The minimum atomic E-state index is -1.77. The van der Waals surface area contributed by atoms with Gasteiger partial charge in [-0.05, 0) is 41.7 Å². The van der Waals surface area contributed by atoms with Crippen LogP contribution in [0.3, 0.4) is 0 Å². The summed E-state index contributed by atoms with van der Waals surface area (Å²) in [5.74, 6) is -2.76. The Morgan fingerprint density at radius 1 is 0.783 bits per heavy atom. The maximum Gasteiger partial charge on any atom is 0.254 e. The lowest BCUT2D eigenvalue weighted by Gasteiger charge is -2.36. The van der Waals surface area contributed by atoms with E-state index in [0.717, 1.165) is 16.7 Å². The lowest BCUT2D eigenvalue weighted by atomic mass is 9.84. The minimum absolute atomic E-state index is 0.0103. The van der Waals surface area contributed by atoms with Gasteiger partial charge in [0.2, 0.25) is 11.8 Å². The summed E-state index contributed by atoms with van der Waals surface area (Å²) in [6, 6.07) is 32.6. The lowest BCUT2D eigenvalue weighted by molar-refractivity contribution is -0.142. The maximum atomic E-state index is 14.7. The number of rotatable bonds is 6. The smallest absolute Gasteiger partial charge is 0.254 e. The molecule has 9 heteroatoms. The molecule has 234 valence electrons. The molecular weight excluding hydrogens is 580 g/mol. The molecule has 1 saturated heterocycles. The number of nitrogens with one attached hydrogen (secondary N) is 3. The van der Waals surface area contributed by atoms with Gasteiger partial charge in [-0.2, -0.15) is 0 Å². The van der Waals surface area contributed by atoms with E-state index in [9.17, 15) is 24.3 Å². The number of hydrogen-bond acceptors (Lipinski definition) is 5. The topological polar surface area (TPSA) is 128 Å². The summed E-state index contributed by atoms with van der Waals surface area (Å²) in [6.07, 6.45) is 0.920. The molecule has 4 N–H and O–H groups in total. The van der Waals surface area contributed by atoms with Gasteiger partial charge in [0, 0.05) is 18.9 Å². The summed E-state index contributed by atoms with van der Waals surface area (Å²) in [5.41, 5.74) is 0.913. The molecule has 0 radical (unpaired) electrons. The first-order valence-corrected chi connectivity index (χ1v) is 15.5. The Balaban J connectivity index is 1.49. The molecule has 9 nitrogen and oxygen atoms in total. The van der Waals surface area contributed by atoms with Crippen molar-refractivity contribution in [3.63, 3.8) is 0 Å². The predicted octanol–water partition coefficient (Wildman–Crippen LogP) is 3.65. The van der Waals surface area contributed by atoms with Crippen LogP contribution in [0.1, 0.15) is 45.8 Å². The third-order valence-corrected chi connectivity index (χ3v) is 8.88. The number of anilines is 1. The molecule has 3 atom stereocenters. The SMILES string of the molecule is O=C1N[C@@H](C(c2ccccc2)c2ccccc2)C(=O)N2CCC[C@H]2C(=O)N[C@@](CO)(Cc2ccccc2)C(=O)Nc2ccccc21. The van der Waals surface area contributed by atoms with E-state index in [-0.39, 0.29) is 17.7 Å². The predicted molar refractivity (Wildman–Crippen MR) is 174 cm³/mol. The zero-order chi connectivity index (χ0) is 32.1. The van der Waals surface area contributed by atoms with Gasteiger partial charge in [0.15, 0.2) is 0 Å². The second-order valence-electron chi connectivity index (χ2n) is 11.8. The molecule has 0 saturated carbocycles. The van der Waals surface area contributed by atoms with Crippen LogP contribution in [0.15, 0.2) is 115 Å². The average molecular weight is 617 g/mol. The average Bonchev–Trinajstić information content (AvgIpc) is 3.59. The second kappa shape index (κ2) is 13.4. The molecule has 46 heavy (non-hydrogen) atoms. The first-order chi connectivity index (χ1) is 22.4. The van der Waals surface area contributed by atoms with E-state index in [1.165, 1.54) is 4.90 Å². The molecule has 2 aliphatic rings. The molecule has 4 aromatic rings.